The van der Waals surface area contributed by atoms with Gasteiger partial charge in [0, 0.05) is 41.4 Å². The maximum Gasteiger partial charge on any atom is 0.122 e. The predicted octanol–water partition coefficient (Wildman–Crippen LogP) is 3.91. The molecule has 0 bridgehead atoms. The molecule has 0 aromatic heterocycles. The number of benzene rings is 1. The number of hydrogen-bond donors (Lipinski definition) is 0. The number of piperidine rings is 1. The third-order valence-corrected chi connectivity index (χ3v) is 5.40. The zero-order chi connectivity index (χ0) is 14.8. The normalized spacial score (nSPS) is 26.5. The van der Waals surface area contributed by atoms with E-state index < -0.39 is 0 Å². The molecule has 2 atom stereocenters. The summed E-state index contributed by atoms with van der Waals surface area (Å²) in [5.41, 5.74) is 1.29. The number of piperazine rings is 1. The Balaban J connectivity index is 1.86. The molecule has 1 aromatic rings. The van der Waals surface area contributed by atoms with E-state index in [4.69, 9.17) is 4.74 Å². The highest BCUT2D eigenvalue weighted by Gasteiger charge is 2.34. The lowest BCUT2D eigenvalue weighted by atomic mass is 9.95. The van der Waals surface area contributed by atoms with Gasteiger partial charge in [-0.25, -0.2) is 0 Å². The molecule has 2 heterocycles. The van der Waals surface area contributed by atoms with Crippen molar-refractivity contribution in [1.29, 1.82) is 0 Å². The number of fused-ring (bicyclic) bond motifs is 1. The predicted molar refractivity (Wildman–Crippen MR) is 91.3 cm³/mol. The van der Waals surface area contributed by atoms with E-state index in [2.05, 4.69) is 44.8 Å². The lowest BCUT2D eigenvalue weighted by molar-refractivity contribution is 0.111. The first-order valence-electron chi connectivity index (χ1n) is 8.06. The number of rotatable bonds is 3. The molecule has 0 spiro atoms. The molecule has 21 heavy (non-hydrogen) atoms. The summed E-state index contributed by atoms with van der Waals surface area (Å²) in [6, 6.07) is 7.77. The van der Waals surface area contributed by atoms with Crippen LogP contribution in [-0.2, 0) is 0 Å². The van der Waals surface area contributed by atoms with Crippen LogP contribution in [0.2, 0.25) is 0 Å². The van der Waals surface area contributed by atoms with Crippen LogP contribution in [0.15, 0.2) is 22.7 Å². The van der Waals surface area contributed by atoms with Crippen molar-refractivity contribution >= 4 is 21.6 Å². The van der Waals surface area contributed by atoms with Gasteiger partial charge in [0.2, 0.25) is 0 Å². The summed E-state index contributed by atoms with van der Waals surface area (Å²) in [4.78, 5) is 5.31. The maximum atomic E-state index is 5.43. The van der Waals surface area contributed by atoms with Crippen LogP contribution >= 0.6 is 15.9 Å². The highest BCUT2D eigenvalue weighted by molar-refractivity contribution is 9.10. The van der Waals surface area contributed by atoms with Gasteiger partial charge in [-0.3, -0.25) is 4.90 Å². The summed E-state index contributed by atoms with van der Waals surface area (Å²) < 4.78 is 6.53. The van der Waals surface area contributed by atoms with Crippen LogP contribution in [0.5, 0.6) is 5.75 Å². The number of methoxy groups -OCH3 is 1. The first kappa shape index (κ1) is 15.2. The molecule has 3 nitrogen and oxygen atoms in total. The summed E-state index contributed by atoms with van der Waals surface area (Å²) in [6.07, 6.45) is 5.29. The second kappa shape index (κ2) is 6.57. The quantitative estimate of drug-likeness (QED) is 0.819. The Bertz CT molecular complexity index is 494. The second-order valence-corrected chi connectivity index (χ2v) is 7.12. The average Bonchev–Trinajstić information content (AvgIpc) is 2.52. The van der Waals surface area contributed by atoms with E-state index in [9.17, 15) is 0 Å². The minimum Gasteiger partial charge on any atom is -0.497 e. The Morgan fingerprint density at radius 1 is 1.24 bits per heavy atom. The van der Waals surface area contributed by atoms with Gasteiger partial charge in [0.1, 0.15) is 5.75 Å². The third-order valence-electron chi connectivity index (χ3n) is 4.94. The fourth-order valence-electron chi connectivity index (χ4n) is 3.75. The van der Waals surface area contributed by atoms with E-state index in [1.807, 2.05) is 6.07 Å². The van der Waals surface area contributed by atoms with Gasteiger partial charge in [0.05, 0.1) is 7.11 Å². The summed E-state index contributed by atoms with van der Waals surface area (Å²) in [5, 5.41) is 0. The van der Waals surface area contributed by atoms with Crippen LogP contribution in [0.4, 0.5) is 5.69 Å². The molecule has 0 amide bonds. The summed E-state index contributed by atoms with van der Waals surface area (Å²) in [5.74, 6) is 0.931. The molecule has 0 radical (unpaired) electrons. The molecular formula is C17H25BrN2O. The van der Waals surface area contributed by atoms with E-state index in [1.165, 1.54) is 44.5 Å². The van der Waals surface area contributed by atoms with Crippen LogP contribution in [-0.4, -0.2) is 43.7 Å². The van der Waals surface area contributed by atoms with E-state index in [0.29, 0.717) is 6.04 Å². The molecule has 3 rings (SSSR count). The van der Waals surface area contributed by atoms with E-state index >= 15 is 0 Å². The standard InChI is InChI=1S/C17H25BrN2O/c1-3-14-11-19-7-5-4-6-15(19)12-20(14)16-8-13(18)9-17(10-16)21-2/h8-10,14-15H,3-7,11-12H2,1-2H3. The van der Waals surface area contributed by atoms with Crippen molar-refractivity contribution in [2.45, 2.75) is 44.7 Å². The van der Waals surface area contributed by atoms with Crippen molar-refractivity contribution in [2.24, 2.45) is 0 Å². The second-order valence-electron chi connectivity index (χ2n) is 6.21. The Labute approximate surface area is 136 Å². The first-order chi connectivity index (χ1) is 10.2. The molecular weight excluding hydrogens is 328 g/mol. The Morgan fingerprint density at radius 2 is 2.10 bits per heavy atom. The average molecular weight is 353 g/mol. The zero-order valence-corrected chi connectivity index (χ0v) is 14.6. The van der Waals surface area contributed by atoms with Crippen LogP contribution in [0.3, 0.4) is 0 Å². The van der Waals surface area contributed by atoms with Crippen molar-refractivity contribution in [3.8, 4) is 5.75 Å². The van der Waals surface area contributed by atoms with Gasteiger partial charge in [-0.05, 0) is 37.9 Å². The summed E-state index contributed by atoms with van der Waals surface area (Å²) >= 11 is 3.61. The molecule has 2 aliphatic heterocycles. The fraction of sp³-hybridized carbons (Fsp3) is 0.647. The van der Waals surface area contributed by atoms with Crippen LogP contribution in [0.1, 0.15) is 32.6 Å². The van der Waals surface area contributed by atoms with Gasteiger partial charge in [0.25, 0.3) is 0 Å². The molecule has 2 saturated heterocycles. The highest BCUT2D eigenvalue weighted by atomic mass is 79.9. The Hall–Kier alpha value is -0.740. The van der Waals surface area contributed by atoms with Crippen molar-refractivity contribution in [3.05, 3.63) is 22.7 Å². The molecule has 2 aliphatic rings. The Kier molecular flexibility index (Phi) is 4.75. The van der Waals surface area contributed by atoms with Gasteiger partial charge >= 0.3 is 0 Å². The van der Waals surface area contributed by atoms with Gasteiger partial charge < -0.3 is 9.64 Å². The third kappa shape index (κ3) is 3.21. The molecule has 0 saturated carbocycles. The minimum atomic E-state index is 0.610. The SMILES string of the molecule is CCC1CN2CCCCC2CN1c1cc(Br)cc(OC)c1. The number of nitrogens with zero attached hydrogens (tertiary/aromatic N) is 2. The molecule has 2 unspecified atom stereocenters. The number of halogens is 1. The molecule has 4 heteroatoms. The lowest BCUT2D eigenvalue weighted by Gasteiger charge is -2.49. The lowest BCUT2D eigenvalue weighted by Crippen LogP contribution is -2.59. The first-order valence-corrected chi connectivity index (χ1v) is 8.86. The fourth-order valence-corrected chi connectivity index (χ4v) is 4.21. The van der Waals surface area contributed by atoms with Crippen molar-refractivity contribution < 1.29 is 4.74 Å². The number of ether oxygens (including phenoxy) is 1. The highest BCUT2D eigenvalue weighted by Crippen LogP contribution is 2.33. The van der Waals surface area contributed by atoms with E-state index in [1.54, 1.807) is 7.11 Å². The number of anilines is 1. The van der Waals surface area contributed by atoms with Crippen molar-refractivity contribution in [2.75, 3.05) is 31.6 Å². The van der Waals surface area contributed by atoms with Gasteiger partial charge in [-0.15, -0.1) is 0 Å². The van der Waals surface area contributed by atoms with Gasteiger partial charge in [0.15, 0.2) is 0 Å². The van der Waals surface area contributed by atoms with E-state index in [-0.39, 0.29) is 0 Å². The zero-order valence-electron chi connectivity index (χ0n) is 13.0. The van der Waals surface area contributed by atoms with E-state index in [0.717, 1.165) is 22.8 Å². The molecule has 0 aliphatic carbocycles. The molecule has 0 N–H and O–H groups in total. The Morgan fingerprint density at radius 3 is 2.86 bits per heavy atom. The minimum absolute atomic E-state index is 0.610. The van der Waals surface area contributed by atoms with Crippen molar-refractivity contribution in [3.63, 3.8) is 0 Å². The summed E-state index contributed by atoms with van der Waals surface area (Å²) in [6.45, 7) is 5.95. The molecule has 1 aromatic carbocycles. The molecule has 2 fully saturated rings. The van der Waals surface area contributed by atoms with Crippen molar-refractivity contribution in [1.82, 2.24) is 4.90 Å². The van der Waals surface area contributed by atoms with Gasteiger partial charge in [-0.1, -0.05) is 29.3 Å². The smallest absolute Gasteiger partial charge is 0.122 e. The molecule has 116 valence electrons. The topological polar surface area (TPSA) is 15.7 Å². The number of hydrogen-bond acceptors (Lipinski definition) is 3. The van der Waals surface area contributed by atoms with Crippen LogP contribution in [0, 0.1) is 0 Å². The van der Waals surface area contributed by atoms with Gasteiger partial charge in [-0.2, -0.15) is 0 Å². The van der Waals surface area contributed by atoms with Crippen LogP contribution < -0.4 is 9.64 Å². The monoisotopic (exact) mass is 352 g/mol. The largest absolute Gasteiger partial charge is 0.497 e. The summed E-state index contributed by atoms with van der Waals surface area (Å²) in [7, 11) is 1.74. The maximum absolute atomic E-state index is 5.43. The van der Waals surface area contributed by atoms with Crippen LogP contribution in [0.25, 0.3) is 0 Å².